The minimum absolute atomic E-state index is 0.0999. The molecular weight excluding hydrogens is 234 g/mol. The number of hydrogen-bond donors (Lipinski definition) is 1. The van der Waals surface area contributed by atoms with Gasteiger partial charge in [-0.1, -0.05) is 0 Å². The monoisotopic (exact) mass is 253 g/mol. The van der Waals surface area contributed by atoms with Crippen LogP contribution in [0, 0.1) is 6.92 Å². The van der Waals surface area contributed by atoms with Crippen molar-refractivity contribution >= 4 is 11.9 Å². The quantitative estimate of drug-likeness (QED) is 0.773. The van der Waals surface area contributed by atoms with Gasteiger partial charge in [0.2, 0.25) is 5.95 Å². The van der Waals surface area contributed by atoms with Crippen molar-refractivity contribution in [1.29, 1.82) is 0 Å². The Kier molecular flexibility index (Phi) is 5.51. The zero-order chi connectivity index (χ0) is 13.5. The molecule has 18 heavy (non-hydrogen) atoms. The van der Waals surface area contributed by atoms with Crippen LogP contribution in [0.3, 0.4) is 0 Å². The first-order valence-electron chi connectivity index (χ1n) is 5.84. The van der Waals surface area contributed by atoms with Crippen molar-refractivity contribution in [2.45, 2.75) is 26.8 Å². The second kappa shape index (κ2) is 6.90. The van der Waals surface area contributed by atoms with E-state index < -0.39 is 5.97 Å². The summed E-state index contributed by atoms with van der Waals surface area (Å²) < 4.78 is 9.92. The lowest BCUT2D eigenvalue weighted by Crippen LogP contribution is -2.22. The van der Waals surface area contributed by atoms with Crippen LogP contribution >= 0.6 is 0 Å². The summed E-state index contributed by atoms with van der Waals surface area (Å²) in [6.07, 6.45) is 1.47. The first kappa shape index (κ1) is 14.4. The molecule has 0 saturated carbocycles. The number of methoxy groups -OCH3 is 1. The Morgan fingerprint density at radius 1 is 1.56 bits per heavy atom. The van der Waals surface area contributed by atoms with Crippen LogP contribution in [0.4, 0.5) is 5.95 Å². The summed E-state index contributed by atoms with van der Waals surface area (Å²) in [5.74, 6) is 0.0802. The van der Waals surface area contributed by atoms with Crippen LogP contribution < -0.4 is 5.32 Å². The standard InChI is InChI=1S/C12H19N3O3/c1-5-18-11(16)10-6-13-12(15-9(10)3)14-8(2)7-17-4/h6,8H,5,7H2,1-4H3,(H,13,14,15). The summed E-state index contributed by atoms with van der Waals surface area (Å²) in [6, 6.07) is 0.0999. The van der Waals surface area contributed by atoms with Crippen LogP contribution in [0.1, 0.15) is 29.9 Å². The molecule has 1 N–H and O–H groups in total. The number of nitrogens with zero attached hydrogens (tertiary/aromatic N) is 2. The van der Waals surface area contributed by atoms with Crippen LogP contribution in [0.5, 0.6) is 0 Å². The number of ether oxygens (including phenoxy) is 2. The maximum absolute atomic E-state index is 11.6. The fourth-order valence-electron chi connectivity index (χ4n) is 1.46. The van der Waals surface area contributed by atoms with Crippen molar-refractivity contribution < 1.29 is 14.3 Å². The van der Waals surface area contributed by atoms with Gasteiger partial charge in [0.25, 0.3) is 0 Å². The third-order valence-corrected chi connectivity index (χ3v) is 2.27. The lowest BCUT2D eigenvalue weighted by molar-refractivity contribution is 0.0524. The molecule has 0 aliphatic carbocycles. The summed E-state index contributed by atoms with van der Waals surface area (Å²) in [4.78, 5) is 19.9. The molecule has 0 saturated heterocycles. The van der Waals surface area contributed by atoms with E-state index in [1.807, 2.05) is 6.92 Å². The first-order chi connectivity index (χ1) is 8.58. The number of hydrogen-bond acceptors (Lipinski definition) is 6. The van der Waals surface area contributed by atoms with Crippen LogP contribution in [0.15, 0.2) is 6.20 Å². The molecule has 1 aromatic heterocycles. The fourth-order valence-corrected chi connectivity index (χ4v) is 1.46. The van der Waals surface area contributed by atoms with E-state index in [-0.39, 0.29) is 6.04 Å². The van der Waals surface area contributed by atoms with Gasteiger partial charge < -0.3 is 14.8 Å². The fraction of sp³-hybridized carbons (Fsp3) is 0.583. The molecule has 1 rings (SSSR count). The van der Waals surface area contributed by atoms with E-state index >= 15 is 0 Å². The summed E-state index contributed by atoms with van der Waals surface area (Å²) in [5, 5.41) is 3.08. The third kappa shape index (κ3) is 3.96. The molecule has 1 heterocycles. The maximum Gasteiger partial charge on any atom is 0.341 e. The molecule has 6 heteroatoms. The van der Waals surface area contributed by atoms with E-state index in [4.69, 9.17) is 9.47 Å². The van der Waals surface area contributed by atoms with Gasteiger partial charge in [-0.15, -0.1) is 0 Å². The van der Waals surface area contributed by atoms with Crippen LogP contribution in [0.25, 0.3) is 0 Å². The molecule has 0 fully saturated rings. The highest BCUT2D eigenvalue weighted by Gasteiger charge is 2.13. The molecule has 1 atom stereocenters. The maximum atomic E-state index is 11.6. The predicted octanol–water partition coefficient (Wildman–Crippen LogP) is 1.41. The lowest BCUT2D eigenvalue weighted by Gasteiger charge is -2.13. The summed E-state index contributed by atoms with van der Waals surface area (Å²) >= 11 is 0. The molecule has 0 radical (unpaired) electrons. The van der Waals surface area contributed by atoms with Crippen LogP contribution in [-0.2, 0) is 9.47 Å². The topological polar surface area (TPSA) is 73.3 Å². The molecular formula is C12H19N3O3. The van der Waals surface area contributed by atoms with E-state index in [1.54, 1.807) is 21.0 Å². The number of aromatic nitrogens is 2. The summed E-state index contributed by atoms with van der Waals surface area (Å²) in [5.41, 5.74) is 0.984. The Bertz CT molecular complexity index is 410. The normalized spacial score (nSPS) is 12.0. The minimum atomic E-state index is -0.397. The third-order valence-electron chi connectivity index (χ3n) is 2.27. The number of esters is 1. The van der Waals surface area contributed by atoms with Gasteiger partial charge in [-0.2, -0.15) is 0 Å². The Morgan fingerprint density at radius 3 is 2.83 bits per heavy atom. The number of aryl methyl sites for hydroxylation is 1. The second-order valence-corrected chi connectivity index (χ2v) is 3.91. The number of carbonyl (C=O) groups excluding carboxylic acids is 1. The van der Waals surface area contributed by atoms with E-state index in [2.05, 4.69) is 15.3 Å². The number of rotatable bonds is 6. The molecule has 0 spiro atoms. The SMILES string of the molecule is CCOC(=O)c1cnc(NC(C)COC)nc1C. The summed E-state index contributed by atoms with van der Waals surface area (Å²) in [7, 11) is 1.63. The first-order valence-corrected chi connectivity index (χ1v) is 5.84. The number of anilines is 1. The van der Waals surface area contributed by atoms with Gasteiger partial charge in [0.05, 0.1) is 24.5 Å². The Labute approximate surface area is 107 Å². The minimum Gasteiger partial charge on any atom is -0.462 e. The van der Waals surface area contributed by atoms with Gasteiger partial charge >= 0.3 is 5.97 Å². The molecule has 1 unspecified atom stereocenters. The Balaban J connectivity index is 2.76. The van der Waals surface area contributed by atoms with Gasteiger partial charge in [0.15, 0.2) is 0 Å². The second-order valence-electron chi connectivity index (χ2n) is 3.91. The average Bonchev–Trinajstić information content (AvgIpc) is 2.29. The highest BCUT2D eigenvalue weighted by Crippen LogP contribution is 2.09. The van der Waals surface area contributed by atoms with Crippen molar-refractivity contribution in [3.05, 3.63) is 17.5 Å². The molecule has 0 aliphatic heterocycles. The Hall–Kier alpha value is -1.69. The zero-order valence-electron chi connectivity index (χ0n) is 11.2. The molecule has 1 aromatic rings. The summed E-state index contributed by atoms with van der Waals surface area (Å²) in [6.45, 7) is 6.36. The van der Waals surface area contributed by atoms with Gasteiger partial charge in [-0.25, -0.2) is 14.8 Å². The van der Waals surface area contributed by atoms with Gasteiger partial charge in [-0.05, 0) is 20.8 Å². The predicted molar refractivity (Wildman–Crippen MR) is 67.7 cm³/mol. The molecule has 0 aromatic carbocycles. The highest BCUT2D eigenvalue weighted by molar-refractivity contribution is 5.90. The van der Waals surface area contributed by atoms with Crippen molar-refractivity contribution in [2.75, 3.05) is 25.6 Å². The molecule has 0 bridgehead atoms. The lowest BCUT2D eigenvalue weighted by atomic mass is 10.2. The molecule has 100 valence electrons. The van der Waals surface area contributed by atoms with Crippen LogP contribution in [-0.4, -0.2) is 42.3 Å². The zero-order valence-corrected chi connectivity index (χ0v) is 11.2. The number of nitrogens with one attached hydrogen (secondary N) is 1. The van der Waals surface area contributed by atoms with Crippen molar-refractivity contribution in [2.24, 2.45) is 0 Å². The van der Waals surface area contributed by atoms with E-state index in [0.29, 0.717) is 30.4 Å². The molecule has 0 amide bonds. The highest BCUT2D eigenvalue weighted by atomic mass is 16.5. The number of carbonyl (C=O) groups is 1. The molecule has 0 aliphatic rings. The van der Waals surface area contributed by atoms with Crippen LogP contribution in [0.2, 0.25) is 0 Å². The van der Waals surface area contributed by atoms with E-state index in [0.717, 1.165) is 0 Å². The van der Waals surface area contributed by atoms with Gasteiger partial charge in [0, 0.05) is 19.3 Å². The van der Waals surface area contributed by atoms with Crippen molar-refractivity contribution in [3.8, 4) is 0 Å². The van der Waals surface area contributed by atoms with Crippen molar-refractivity contribution in [1.82, 2.24) is 9.97 Å². The van der Waals surface area contributed by atoms with Gasteiger partial charge in [-0.3, -0.25) is 0 Å². The largest absolute Gasteiger partial charge is 0.462 e. The Morgan fingerprint density at radius 2 is 2.28 bits per heavy atom. The molecule has 6 nitrogen and oxygen atoms in total. The smallest absolute Gasteiger partial charge is 0.341 e. The van der Waals surface area contributed by atoms with Gasteiger partial charge in [0.1, 0.15) is 0 Å². The van der Waals surface area contributed by atoms with Crippen molar-refractivity contribution in [3.63, 3.8) is 0 Å². The van der Waals surface area contributed by atoms with E-state index in [9.17, 15) is 4.79 Å². The average molecular weight is 253 g/mol. The van der Waals surface area contributed by atoms with E-state index in [1.165, 1.54) is 6.20 Å².